The van der Waals surface area contributed by atoms with Crippen LogP contribution in [-0.2, 0) is 4.79 Å². The minimum atomic E-state index is -4.15. The number of nitrogens with one attached hydrogen (secondary N) is 1. The van der Waals surface area contributed by atoms with Gasteiger partial charge in [0.05, 0.1) is 5.92 Å². The molecule has 1 aliphatic carbocycles. The maximum Gasteiger partial charge on any atom is 0.391 e. The first-order valence-electron chi connectivity index (χ1n) is 6.84. The van der Waals surface area contributed by atoms with Gasteiger partial charge >= 0.3 is 6.18 Å². The molecule has 0 heterocycles. The van der Waals surface area contributed by atoms with Crippen LogP contribution in [0.2, 0.25) is 0 Å². The van der Waals surface area contributed by atoms with Crippen LogP contribution < -0.4 is 5.32 Å². The number of rotatable bonds is 2. The molecule has 1 N–H and O–H groups in total. The average Bonchev–Trinajstić information content (AvgIpc) is 2.46. The molecule has 1 aromatic rings. The van der Waals surface area contributed by atoms with Crippen LogP contribution in [0, 0.1) is 24.2 Å². The van der Waals surface area contributed by atoms with E-state index in [9.17, 15) is 18.0 Å². The Labute approximate surface area is 121 Å². The van der Waals surface area contributed by atoms with Crippen molar-refractivity contribution in [3.05, 3.63) is 29.8 Å². The number of halogens is 3. The van der Waals surface area contributed by atoms with Crippen molar-refractivity contribution in [2.24, 2.45) is 11.8 Å². The quantitative estimate of drug-likeness (QED) is 0.822. The van der Waals surface area contributed by atoms with Crippen molar-refractivity contribution in [3.8, 4) is 12.3 Å². The Morgan fingerprint density at radius 3 is 2.48 bits per heavy atom. The molecule has 0 saturated heterocycles. The minimum absolute atomic E-state index is 0.0198. The van der Waals surface area contributed by atoms with Crippen LogP contribution in [0.15, 0.2) is 24.3 Å². The van der Waals surface area contributed by atoms with E-state index in [2.05, 4.69) is 11.2 Å². The molecule has 0 aromatic heterocycles. The zero-order chi connectivity index (χ0) is 15.5. The summed E-state index contributed by atoms with van der Waals surface area (Å²) in [4.78, 5) is 12.1. The van der Waals surface area contributed by atoms with Gasteiger partial charge in [-0.2, -0.15) is 13.2 Å². The van der Waals surface area contributed by atoms with Crippen LogP contribution in [0.1, 0.15) is 31.2 Å². The molecule has 21 heavy (non-hydrogen) atoms. The van der Waals surface area contributed by atoms with Crippen LogP contribution in [0.25, 0.3) is 0 Å². The van der Waals surface area contributed by atoms with Gasteiger partial charge in [0.15, 0.2) is 0 Å². The molecular formula is C16H16F3NO. The van der Waals surface area contributed by atoms with E-state index in [1.807, 2.05) is 0 Å². The molecule has 1 aromatic carbocycles. The van der Waals surface area contributed by atoms with Crippen LogP contribution >= 0.6 is 0 Å². The number of hydrogen-bond acceptors (Lipinski definition) is 1. The van der Waals surface area contributed by atoms with Gasteiger partial charge in [0.2, 0.25) is 5.91 Å². The number of benzene rings is 1. The van der Waals surface area contributed by atoms with E-state index in [1.54, 1.807) is 24.3 Å². The molecule has 0 bridgehead atoms. The number of alkyl halides is 3. The molecule has 1 saturated carbocycles. The molecule has 1 aliphatic rings. The summed E-state index contributed by atoms with van der Waals surface area (Å²) in [5, 5.41) is 2.72. The minimum Gasteiger partial charge on any atom is -0.326 e. The van der Waals surface area contributed by atoms with Gasteiger partial charge in [-0.15, -0.1) is 6.42 Å². The van der Waals surface area contributed by atoms with Gasteiger partial charge in [-0.05, 0) is 43.9 Å². The molecule has 0 radical (unpaired) electrons. The van der Waals surface area contributed by atoms with E-state index >= 15 is 0 Å². The topological polar surface area (TPSA) is 29.1 Å². The maximum atomic E-state index is 12.6. The Morgan fingerprint density at radius 2 is 1.90 bits per heavy atom. The second-order valence-corrected chi connectivity index (χ2v) is 5.30. The van der Waals surface area contributed by atoms with Crippen molar-refractivity contribution in [2.75, 3.05) is 5.32 Å². The van der Waals surface area contributed by atoms with Gasteiger partial charge in [-0.1, -0.05) is 12.0 Å². The SMILES string of the molecule is C#Cc1cccc(NC(=O)C2CCC(C(F)(F)F)CC2)c1. The fourth-order valence-electron chi connectivity index (χ4n) is 2.61. The van der Waals surface area contributed by atoms with Gasteiger partial charge in [0.25, 0.3) is 0 Å². The highest BCUT2D eigenvalue weighted by molar-refractivity contribution is 5.92. The fourth-order valence-corrected chi connectivity index (χ4v) is 2.61. The van der Waals surface area contributed by atoms with E-state index < -0.39 is 12.1 Å². The lowest BCUT2D eigenvalue weighted by Gasteiger charge is -2.29. The predicted octanol–water partition coefficient (Wildman–Crippen LogP) is 3.98. The number of terminal acetylenes is 1. The van der Waals surface area contributed by atoms with Gasteiger partial charge in [-0.3, -0.25) is 4.79 Å². The number of amides is 1. The molecule has 0 atom stereocenters. The van der Waals surface area contributed by atoms with Crippen molar-refractivity contribution in [1.29, 1.82) is 0 Å². The summed E-state index contributed by atoms with van der Waals surface area (Å²) in [7, 11) is 0. The Bertz CT molecular complexity index is 551. The molecular weight excluding hydrogens is 279 g/mol. The molecule has 1 amide bonds. The first-order valence-corrected chi connectivity index (χ1v) is 6.84. The Morgan fingerprint density at radius 1 is 1.24 bits per heavy atom. The molecule has 0 unspecified atom stereocenters. The molecule has 0 spiro atoms. The predicted molar refractivity (Wildman–Crippen MR) is 74.5 cm³/mol. The summed E-state index contributed by atoms with van der Waals surface area (Å²) in [6.07, 6.45) is 1.71. The normalized spacial score (nSPS) is 22.4. The lowest BCUT2D eigenvalue weighted by molar-refractivity contribution is -0.184. The zero-order valence-electron chi connectivity index (χ0n) is 11.4. The van der Waals surface area contributed by atoms with Gasteiger partial charge < -0.3 is 5.32 Å². The third-order valence-electron chi connectivity index (χ3n) is 3.86. The highest BCUT2D eigenvalue weighted by Crippen LogP contribution is 2.39. The smallest absolute Gasteiger partial charge is 0.326 e. The Kier molecular flexibility index (Phi) is 4.56. The van der Waals surface area contributed by atoms with Crippen LogP contribution in [0.5, 0.6) is 0 Å². The van der Waals surface area contributed by atoms with Crippen molar-refractivity contribution in [3.63, 3.8) is 0 Å². The summed E-state index contributed by atoms with van der Waals surface area (Å²) in [6, 6.07) is 6.84. The molecule has 2 rings (SSSR count). The van der Waals surface area contributed by atoms with Crippen LogP contribution in [0.4, 0.5) is 18.9 Å². The Hall–Kier alpha value is -1.96. The first-order chi connectivity index (χ1) is 9.90. The van der Waals surface area contributed by atoms with Gasteiger partial charge in [0, 0.05) is 17.2 Å². The molecule has 2 nitrogen and oxygen atoms in total. The number of anilines is 1. The summed E-state index contributed by atoms with van der Waals surface area (Å²) in [5.74, 6) is 0.600. The van der Waals surface area contributed by atoms with E-state index in [-0.39, 0.29) is 37.5 Å². The third kappa shape index (κ3) is 4.01. The first kappa shape index (κ1) is 15.4. The maximum absolute atomic E-state index is 12.6. The molecule has 112 valence electrons. The second kappa shape index (κ2) is 6.21. The summed E-state index contributed by atoms with van der Waals surface area (Å²) >= 11 is 0. The molecule has 0 aliphatic heterocycles. The monoisotopic (exact) mass is 295 g/mol. The number of carbonyl (C=O) groups is 1. The summed E-state index contributed by atoms with van der Waals surface area (Å²) < 4.78 is 37.7. The van der Waals surface area contributed by atoms with Gasteiger partial charge in [-0.25, -0.2) is 0 Å². The summed E-state index contributed by atoms with van der Waals surface area (Å²) in [6.45, 7) is 0. The third-order valence-corrected chi connectivity index (χ3v) is 3.86. The number of carbonyl (C=O) groups excluding carboxylic acids is 1. The van der Waals surface area contributed by atoms with Crippen LogP contribution in [0.3, 0.4) is 0 Å². The second-order valence-electron chi connectivity index (χ2n) is 5.30. The van der Waals surface area contributed by atoms with E-state index in [0.29, 0.717) is 11.3 Å². The highest BCUT2D eigenvalue weighted by Gasteiger charge is 2.42. The van der Waals surface area contributed by atoms with E-state index in [1.165, 1.54) is 0 Å². The lowest BCUT2D eigenvalue weighted by atomic mass is 9.81. The zero-order valence-corrected chi connectivity index (χ0v) is 11.4. The average molecular weight is 295 g/mol. The standard InChI is InChI=1S/C16H16F3NO/c1-2-11-4-3-5-14(10-11)20-15(21)12-6-8-13(9-7-12)16(17,18)19/h1,3-5,10,12-13H,6-9H2,(H,20,21). The highest BCUT2D eigenvalue weighted by atomic mass is 19.4. The molecule has 5 heteroatoms. The molecule has 1 fully saturated rings. The van der Waals surface area contributed by atoms with Crippen LogP contribution in [-0.4, -0.2) is 12.1 Å². The van der Waals surface area contributed by atoms with Crippen molar-refractivity contribution >= 4 is 11.6 Å². The summed E-state index contributed by atoms with van der Waals surface area (Å²) in [5.41, 5.74) is 1.22. The van der Waals surface area contributed by atoms with Gasteiger partial charge in [0.1, 0.15) is 0 Å². The fraction of sp³-hybridized carbons (Fsp3) is 0.438. The van der Waals surface area contributed by atoms with E-state index in [0.717, 1.165) is 0 Å². The van der Waals surface area contributed by atoms with Crippen molar-refractivity contribution in [1.82, 2.24) is 0 Å². The number of hydrogen-bond donors (Lipinski definition) is 1. The largest absolute Gasteiger partial charge is 0.391 e. The lowest BCUT2D eigenvalue weighted by Crippen LogP contribution is -2.32. The van der Waals surface area contributed by atoms with Crippen molar-refractivity contribution < 1.29 is 18.0 Å². The Balaban J connectivity index is 1.92. The van der Waals surface area contributed by atoms with E-state index in [4.69, 9.17) is 6.42 Å². The van der Waals surface area contributed by atoms with Crippen molar-refractivity contribution in [2.45, 2.75) is 31.9 Å².